The third-order valence-corrected chi connectivity index (χ3v) is 10.1. The summed E-state index contributed by atoms with van der Waals surface area (Å²) in [7, 11) is 0. The van der Waals surface area contributed by atoms with Crippen molar-refractivity contribution in [2.45, 2.75) is 120 Å². The standard InChI is InChI=1S/C34H44N2O10/c1-33(2,3)45-26(38)12-10-22(17-37)35-32(40)34-15-25-27-28(42-18-41-27)30(34)46-36(29(34)31(39)44-25)16-21-6-4-5-19(13-21)7-8-20-9-11-23-24(14-20)43-23/h4-8,13,20,22-25,27-30,37H,9-12,14-18H2,1-3H3,(H,35,40). The van der Waals surface area contributed by atoms with Crippen LogP contribution in [0.25, 0.3) is 6.08 Å². The molecule has 4 heterocycles. The minimum Gasteiger partial charge on any atom is -0.460 e. The second-order valence-corrected chi connectivity index (χ2v) is 14.5. The van der Waals surface area contributed by atoms with Crippen molar-refractivity contribution in [2.24, 2.45) is 11.3 Å². The average molecular weight is 641 g/mol. The number of amides is 1. The van der Waals surface area contributed by atoms with Gasteiger partial charge in [-0.25, -0.2) is 0 Å². The molecule has 2 bridgehead atoms. The van der Waals surface area contributed by atoms with E-state index in [0.29, 0.717) is 18.1 Å². The number of ether oxygens (including phenoxy) is 5. The molecule has 1 aromatic carbocycles. The first-order valence-electron chi connectivity index (χ1n) is 16.5. The molecular weight excluding hydrogens is 596 g/mol. The number of nitrogens with zero attached hydrogens (tertiary/aromatic N) is 1. The van der Waals surface area contributed by atoms with E-state index in [1.54, 1.807) is 25.8 Å². The van der Waals surface area contributed by atoms with Gasteiger partial charge in [0, 0.05) is 12.8 Å². The van der Waals surface area contributed by atoms with Crippen LogP contribution in [-0.2, 0) is 49.5 Å². The van der Waals surface area contributed by atoms with Gasteiger partial charge >= 0.3 is 11.9 Å². The van der Waals surface area contributed by atoms with E-state index >= 15 is 0 Å². The molecule has 250 valence electrons. The molecular formula is C34H44N2O10. The molecule has 4 aliphatic heterocycles. The molecule has 0 spiro atoms. The Kier molecular flexibility index (Phi) is 8.48. The Bertz CT molecular complexity index is 1380. The quantitative estimate of drug-likeness (QED) is 0.287. The summed E-state index contributed by atoms with van der Waals surface area (Å²) in [6.45, 7) is 5.19. The van der Waals surface area contributed by atoms with E-state index in [0.717, 1.165) is 30.4 Å². The topological polar surface area (TPSA) is 145 Å². The molecule has 10 atom stereocenters. The van der Waals surface area contributed by atoms with E-state index in [1.807, 2.05) is 18.2 Å². The summed E-state index contributed by atoms with van der Waals surface area (Å²) in [5.74, 6) is -0.942. The first-order valence-corrected chi connectivity index (χ1v) is 16.5. The number of epoxide rings is 1. The van der Waals surface area contributed by atoms with Crippen LogP contribution in [0.4, 0.5) is 0 Å². The molecule has 6 aliphatic rings. The summed E-state index contributed by atoms with van der Waals surface area (Å²) >= 11 is 0. The fraction of sp³-hybridized carbons (Fsp3) is 0.676. The highest BCUT2D eigenvalue weighted by Gasteiger charge is 2.74. The minimum atomic E-state index is -1.35. The van der Waals surface area contributed by atoms with Gasteiger partial charge in [0.05, 0.1) is 31.4 Å². The highest BCUT2D eigenvalue weighted by molar-refractivity contribution is 5.93. The zero-order valence-corrected chi connectivity index (χ0v) is 26.6. The van der Waals surface area contributed by atoms with Crippen LogP contribution >= 0.6 is 0 Å². The molecule has 1 amide bonds. The molecule has 46 heavy (non-hydrogen) atoms. The number of benzene rings is 1. The number of aliphatic hydroxyl groups excluding tert-OH is 1. The van der Waals surface area contributed by atoms with E-state index in [9.17, 15) is 19.5 Å². The highest BCUT2D eigenvalue weighted by atomic mass is 16.8. The number of rotatable bonds is 10. The Morgan fingerprint density at radius 3 is 2.78 bits per heavy atom. The maximum Gasteiger partial charge on any atom is 0.327 e. The second-order valence-electron chi connectivity index (χ2n) is 14.5. The number of hydrogen-bond acceptors (Lipinski definition) is 11. The van der Waals surface area contributed by atoms with Crippen LogP contribution in [0.15, 0.2) is 30.3 Å². The maximum atomic E-state index is 14.3. The van der Waals surface area contributed by atoms with E-state index in [4.69, 9.17) is 28.5 Å². The number of hydroxylamine groups is 2. The van der Waals surface area contributed by atoms with Gasteiger partial charge < -0.3 is 34.1 Å². The van der Waals surface area contributed by atoms with Crippen molar-refractivity contribution < 1.29 is 48.0 Å². The summed E-state index contributed by atoms with van der Waals surface area (Å²) in [6.07, 6.45) is 6.25. The van der Waals surface area contributed by atoms with Crippen LogP contribution in [0.2, 0.25) is 0 Å². The molecule has 6 fully saturated rings. The predicted octanol–water partition coefficient (Wildman–Crippen LogP) is 2.41. The van der Waals surface area contributed by atoms with Gasteiger partial charge in [0.1, 0.15) is 42.2 Å². The van der Waals surface area contributed by atoms with Crippen LogP contribution in [0.5, 0.6) is 0 Å². The predicted molar refractivity (Wildman–Crippen MR) is 161 cm³/mol. The lowest BCUT2D eigenvalue weighted by atomic mass is 9.62. The Morgan fingerprint density at radius 1 is 1.17 bits per heavy atom. The fourth-order valence-corrected chi connectivity index (χ4v) is 7.88. The zero-order valence-electron chi connectivity index (χ0n) is 26.6. The van der Waals surface area contributed by atoms with Gasteiger partial charge in [0.2, 0.25) is 5.91 Å². The summed E-state index contributed by atoms with van der Waals surface area (Å²) < 4.78 is 28.7. The lowest BCUT2D eigenvalue weighted by molar-refractivity contribution is -0.201. The highest BCUT2D eigenvalue weighted by Crippen LogP contribution is 2.55. The zero-order chi connectivity index (χ0) is 32.2. The largest absolute Gasteiger partial charge is 0.460 e. The molecule has 12 nitrogen and oxygen atoms in total. The van der Waals surface area contributed by atoms with E-state index < -0.39 is 65.4 Å². The number of hydrogen-bond donors (Lipinski definition) is 2. The third-order valence-electron chi connectivity index (χ3n) is 10.1. The number of fused-ring (bicyclic) bond motifs is 5. The summed E-state index contributed by atoms with van der Waals surface area (Å²) in [6, 6.07) is 6.25. The minimum absolute atomic E-state index is 0.00364. The molecule has 7 rings (SSSR count). The molecule has 12 heteroatoms. The number of allylic oxidation sites excluding steroid dienone is 1. The Hall–Kier alpha value is -2.87. The molecule has 2 saturated carbocycles. The number of carbonyl (C=O) groups excluding carboxylic acids is 3. The molecule has 2 N–H and O–H groups in total. The van der Waals surface area contributed by atoms with Crippen molar-refractivity contribution in [3.8, 4) is 0 Å². The second kappa shape index (κ2) is 12.3. The number of aliphatic hydroxyl groups is 1. The monoisotopic (exact) mass is 640 g/mol. The number of esters is 2. The first-order chi connectivity index (χ1) is 22.0. The van der Waals surface area contributed by atoms with Crippen molar-refractivity contribution in [3.05, 3.63) is 41.5 Å². The SMILES string of the molecule is CC(C)(C)OC(=O)CCC(CO)NC(=O)C12CC3OC(=O)C1N(Cc1cccc(C=CC4CCC5OC5C4)c1)OC2C1OCOC31. The van der Waals surface area contributed by atoms with Gasteiger partial charge in [-0.2, -0.15) is 5.06 Å². The van der Waals surface area contributed by atoms with Crippen LogP contribution in [0.3, 0.4) is 0 Å². The molecule has 0 radical (unpaired) electrons. The summed E-state index contributed by atoms with van der Waals surface area (Å²) in [4.78, 5) is 46.8. The van der Waals surface area contributed by atoms with Crippen molar-refractivity contribution >= 4 is 23.9 Å². The van der Waals surface area contributed by atoms with Gasteiger partial charge in [-0.15, -0.1) is 0 Å². The fourth-order valence-electron chi connectivity index (χ4n) is 7.88. The lowest BCUT2D eigenvalue weighted by Gasteiger charge is -2.49. The summed E-state index contributed by atoms with van der Waals surface area (Å²) in [5, 5.41) is 14.6. The average Bonchev–Trinajstić information content (AvgIpc) is 3.44. The van der Waals surface area contributed by atoms with Crippen LogP contribution in [0, 0.1) is 11.3 Å². The Morgan fingerprint density at radius 2 is 2.00 bits per heavy atom. The van der Waals surface area contributed by atoms with Crippen molar-refractivity contribution in [1.82, 2.24) is 10.4 Å². The third kappa shape index (κ3) is 6.11. The van der Waals surface area contributed by atoms with Crippen molar-refractivity contribution in [3.63, 3.8) is 0 Å². The van der Waals surface area contributed by atoms with Gasteiger partial charge in [-0.3, -0.25) is 19.2 Å². The van der Waals surface area contributed by atoms with Gasteiger partial charge in [-0.05, 0) is 63.5 Å². The van der Waals surface area contributed by atoms with Gasteiger partial charge in [0.25, 0.3) is 0 Å². The maximum absolute atomic E-state index is 14.3. The van der Waals surface area contributed by atoms with E-state index in [2.05, 4.69) is 23.5 Å². The van der Waals surface area contributed by atoms with Gasteiger partial charge in [0.15, 0.2) is 6.04 Å². The normalized spacial score (nSPS) is 36.9. The molecule has 10 unspecified atom stereocenters. The van der Waals surface area contributed by atoms with E-state index in [-0.39, 0.29) is 39.2 Å². The van der Waals surface area contributed by atoms with E-state index in [1.165, 1.54) is 0 Å². The lowest BCUT2D eigenvalue weighted by Crippen LogP contribution is -2.70. The molecule has 1 aromatic rings. The van der Waals surface area contributed by atoms with Crippen molar-refractivity contribution in [1.29, 1.82) is 0 Å². The molecule has 4 saturated heterocycles. The smallest absolute Gasteiger partial charge is 0.327 e. The molecule has 0 aromatic heterocycles. The van der Waals surface area contributed by atoms with Crippen molar-refractivity contribution in [2.75, 3.05) is 13.4 Å². The van der Waals surface area contributed by atoms with Crippen LogP contribution in [-0.4, -0.2) is 95.7 Å². The van der Waals surface area contributed by atoms with Crippen LogP contribution < -0.4 is 5.32 Å². The Labute approximate surface area is 268 Å². The van der Waals surface area contributed by atoms with Gasteiger partial charge in [-0.1, -0.05) is 36.4 Å². The first kappa shape index (κ1) is 31.7. The molecule has 2 aliphatic carbocycles. The Balaban J connectivity index is 1.10. The number of nitrogens with one attached hydrogen (secondary N) is 1. The van der Waals surface area contributed by atoms with Crippen LogP contribution in [0.1, 0.15) is 70.4 Å². The number of carbonyl (C=O) groups is 3. The summed E-state index contributed by atoms with van der Waals surface area (Å²) in [5.41, 5.74) is -0.0506.